The number of aromatic nitrogens is 4. The van der Waals surface area contributed by atoms with Gasteiger partial charge in [0.1, 0.15) is 11.8 Å². The Morgan fingerprint density at radius 1 is 1.18 bits per heavy atom. The van der Waals surface area contributed by atoms with E-state index in [2.05, 4.69) is 10.2 Å². The lowest BCUT2D eigenvalue weighted by molar-refractivity contribution is -0.103. The highest BCUT2D eigenvalue weighted by atomic mass is 35.5. The number of β-amino-alcohol motifs (C(OH)–C–C–N with tert-alkyl or cyclic N) is 1. The predicted octanol–water partition coefficient (Wildman–Crippen LogP) is 2.78. The second-order valence-corrected chi connectivity index (χ2v) is 8.78. The summed E-state index contributed by atoms with van der Waals surface area (Å²) < 4.78 is 3.88. The lowest BCUT2D eigenvalue weighted by Crippen LogP contribution is -2.59. The van der Waals surface area contributed by atoms with Crippen LogP contribution in [0.15, 0.2) is 30.7 Å². The molecule has 5 rings (SSSR count). The van der Waals surface area contributed by atoms with Crippen LogP contribution in [0.3, 0.4) is 0 Å². The summed E-state index contributed by atoms with van der Waals surface area (Å²) in [6.45, 7) is 4.58. The van der Waals surface area contributed by atoms with Crippen molar-refractivity contribution in [2.24, 2.45) is 5.92 Å². The van der Waals surface area contributed by atoms with Crippen LogP contribution in [0.25, 0.3) is 16.6 Å². The third-order valence-electron chi connectivity index (χ3n) is 6.29. The molecule has 0 amide bonds. The minimum atomic E-state index is -1.10. The monoisotopic (exact) mass is 401 g/mol. The SMILES string of the molecule is C[C@@H]1CN(c2cc3c(cnn3-c3cnn(C4CC4)c3)cc2Cl)C[C@H](O)[C@@]1(C)O. The Bertz CT molecular complexity index is 1020. The Morgan fingerprint density at radius 3 is 2.68 bits per heavy atom. The van der Waals surface area contributed by atoms with Crippen LogP contribution in [-0.2, 0) is 0 Å². The van der Waals surface area contributed by atoms with Crippen molar-refractivity contribution in [3.8, 4) is 5.69 Å². The second-order valence-electron chi connectivity index (χ2n) is 8.38. The number of rotatable bonds is 3. The van der Waals surface area contributed by atoms with Crippen molar-refractivity contribution >= 4 is 28.2 Å². The van der Waals surface area contributed by atoms with Gasteiger partial charge in [-0.1, -0.05) is 18.5 Å². The van der Waals surface area contributed by atoms with Crippen LogP contribution in [0.2, 0.25) is 5.02 Å². The summed E-state index contributed by atoms with van der Waals surface area (Å²) in [5.74, 6) is -0.0929. The summed E-state index contributed by atoms with van der Waals surface area (Å²) in [6, 6.07) is 4.44. The Kier molecular flexibility index (Phi) is 3.98. The first-order chi connectivity index (χ1) is 13.3. The van der Waals surface area contributed by atoms with Crippen molar-refractivity contribution in [2.45, 2.75) is 44.4 Å². The highest BCUT2D eigenvalue weighted by Gasteiger charge is 2.42. The molecule has 3 heterocycles. The molecule has 1 aromatic carbocycles. The molecule has 3 aromatic rings. The van der Waals surface area contributed by atoms with Gasteiger partial charge in [0.05, 0.1) is 46.5 Å². The summed E-state index contributed by atoms with van der Waals surface area (Å²) in [4.78, 5) is 2.04. The van der Waals surface area contributed by atoms with Crippen molar-refractivity contribution in [2.75, 3.05) is 18.0 Å². The molecule has 2 N–H and O–H groups in total. The van der Waals surface area contributed by atoms with Crippen LogP contribution in [-0.4, -0.2) is 54.6 Å². The van der Waals surface area contributed by atoms with Gasteiger partial charge in [-0.2, -0.15) is 10.2 Å². The largest absolute Gasteiger partial charge is 0.388 e. The van der Waals surface area contributed by atoms with E-state index >= 15 is 0 Å². The highest BCUT2D eigenvalue weighted by Crippen LogP contribution is 2.37. The number of nitrogens with zero attached hydrogens (tertiary/aromatic N) is 5. The number of aliphatic hydroxyl groups is 2. The maximum absolute atomic E-state index is 10.5. The van der Waals surface area contributed by atoms with E-state index in [4.69, 9.17) is 11.6 Å². The molecule has 1 saturated heterocycles. The highest BCUT2D eigenvalue weighted by molar-refractivity contribution is 6.34. The van der Waals surface area contributed by atoms with Crippen LogP contribution >= 0.6 is 11.6 Å². The molecule has 8 heteroatoms. The Morgan fingerprint density at radius 2 is 1.96 bits per heavy atom. The molecule has 3 atom stereocenters. The van der Waals surface area contributed by atoms with Crippen molar-refractivity contribution in [3.63, 3.8) is 0 Å². The second kappa shape index (κ2) is 6.20. The van der Waals surface area contributed by atoms with Gasteiger partial charge in [-0.3, -0.25) is 4.68 Å². The number of hydrogen-bond donors (Lipinski definition) is 2. The normalized spacial score (nSPS) is 28.2. The van der Waals surface area contributed by atoms with Crippen LogP contribution < -0.4 is 4.90 Å². The van der Waals surface area contributed by atoms with Crippen molar-refractivity contribution < 1.29 is 10.2 Å². The zero-order valence-electron chi connectivity index (χ0n) is 16.0. The number of hydrogen-bond acceptors (Lipinski definition) is 5. The lowest BCUT2D eigenvalue weighted by atomic mass is 9.81. The van der Waals surface area contributed by atoms with E-state index in [1.54, 1.807) is 13.1 Å². The number of fused-ring (bicyclic) bond motifs is 1. The molecule has 7 nitrogen and oxygen atoms in total. The smallest absolute Gasteiger partial charge is 0.103 e. The van der Waals surface area contributed by atoms with E-state index in [-0.39, 0.29) is 5.92 Å². The zero-order valence-corrected chi connectivity index (χ0v) is 16.7. The Balaban J connectivity index is 1.54. The maximum Gasteiger partial charge on any atom is 0.103 e. The topological polar surface area (TPSA) is 79.3 Å². The van der Waals surface area contributed by atoms with Crippen LogP contribution in [0, 0.1) is 5.92 Å². The summed E-state index contributed by atoms with van der Waals surface area (Å²) in [5, 5.41) is 31.5. The fraction of sp³-hybridized carbons (Fsp3) is 0.500. The molecule has 1 saturated carbocycles. The number of halogens is 1. The van der Waals surface area contributed by atoms with E-state index in [1.807, 2.05) is 45.7 Å². The standard InChI is InChI=1S/C20H24ClN5O2/c1-12-9-24(11-19(27)20(12,2)28)18-6-17-13(5-16(18)21)7-23-26(17)15-8-22-25(10-15)14-3-4-14/h5-8,10,12,14,19,27-28H,3-4,9,11H2,1-2H3/t12-,19+,20+/m1/s1. The maximum atomic E-state index is 10.5. The van der Waals surface area contributed by atoms with Gasteiger partial charge in [-0.05, 0) is 31.9 Å². The summed E-state index contributed by atoms with van der Waals surface area (Å²) in [7, 11) is 0. The predicted molar refractivity (Wildman–Crippen MR) is 108 cm³/mol. The van der Waals surface area contributed by atoms with Gasteiger partial charge in [0.15, 0.2) is 0 Å². The number of aliphatic hydroxyl groups excluding tert-OH is 1. The summed E-state index contributed by atoms with van der Waals surface area (Å²) in [5.41, 5.74) is 1.60. The number of piperidine rings is 1. The van der Waals surface area contributed by atoms with Crippen LogP contribution in [0.5, 0.6) is 0 Å². The molecule has 1 aliphatic heterocycles. The van der Waals surface area contributed by atoms with Crippen molar-refractivity contribution in [1.29, 1.82) is 0 Å². The average molecular weight is 402 g/mol. The molecule has 2 aliphatic rings. The van der Waals surface area contributed by atoms with Crippen LogP contribution in [0.1, 0.15) is 32.7 Å². The van der Waals surface area contributed by atoms with Gasteiger partial charge in [-0.15, -0.1) is 0 Å². The van der Waals surface area contributed by atoms with E-state index in [0.717, 1.165) is 22.3 Å². The molecule has 0 unspecified atom stereocenters. The average Bonchev–Trinajstić information content (AvgIpc) is 3.24. The van der Waals surface area contributed by atoms with Gasteiger partial charge in [0, 0.05) is 24.4 Å². The van der Waals surface area contributed by atoms with Crippen molar-refractivity contribution in [1.82, 2.24) is 19.6 Å². The summed E-state index contributed by atoms with van der Waals surface area (Å²) in [6.07, 6.45) is 7.19. The van der Waals surface area contributed by atoms with Crippen LogP contribution in [0.4, 0.5) is 5.69 Å². The fourth-order valence-electron chi connectivity index (χ4n) is 3.97. The van der Waals surface area contributed by atoms with Gasteiger partial charge < -0.3 is 15.1 Å². The Labute approximate surface area is 168 Å². The Hall–Kier alpha value is -2.09. The molecule has 0 bridgehead atoms. The lowest BCUT2D eigenvalue weighted by Gasteiger charge is -2.45. The molecule has 148 valence electrons. The first-order valence-electron chi connectivity index (χ1n) is 9.72. The molecule has 0 radical (unpaired) electrons. The minimum absolute atomic E-state index is 0.0929. The molecule has 1 aliphatic carbocycles. The molecule has 2 fully saturated rings. The van der Waals surface area contributed by atoms with E-state index < -0.39 is 11.7 Å². The molecule has 2 aromatic heterocycles. The van der Waals surface area contributed by atoms with E-state index in [1.165, 1.54) is 12.8 Å². The van der Waals surface area contributed by atoms with Crippen molar-refractivity contribution in [3.05, 3.63) is 35.7 Å². The van der Waals surface area contributed by atoms with Gasteiger partial charge in [0.25, 0.3) is 0 Å². The quantitative estimate of drug-likeness (QED) is 0.705. The number of anilines is 1. The summed E-state index contributed by atoms with van der Waals surface area (Å²) >= 11 is 6.57. The third kappa shape index (κ3) is 2.80. The van der Waals surface area contributed by atoms with Gasteiger partial charge >= 0.3 is 0 Å². The van der Waals surface area contributed by atoms with Gasteiger partial charge in [0.2, 0.25) is 0 Å². The molecular weight excluding hydrogens is 378 g/mol. The molecule has 28 heavy (non-hydrogen) atoms. The zero-order chi connectivity index (χ0) is 19.6. The number of benzene rings is 1. The third-order valence-corrected chi connectivity index (χ3v) is 6.59. The first kappa shape index (κ1) is 18.0. The minimum Gasteiger partial charge on any atom is -0.388 e. The fourth-order valence-corrected chi connectivity index (χ4v) is 4.26. The van der Waals surface area contributed by atoms with E-state index in [0.29, 0.717) is 24.2 Å². The molecular formula is C20H24ClN5O2. The van der Waals surface area contributed by atoms with Gasteiger partial charge in [-0.25, -0.2) is 4.68 Å². The van der Waals surface area contributed by atoms with E-state index in [9.17, 15) is 10.2 Å². The molecule has 0 spiro atoms. The first-order valence-corrected chi connectivity index (χ1v) is 10.1.